The van der Waals surface area contributed by atoms with Crippen LogP contribution in [0.2, 0.25) is 5.02 Å². The van der Waals surface area contributed by atoms with Gasteiger partial charge in [-0.25, -0.2) is 0 Å². The lowest BCUT2D eigenvalue weighted by Gasteiger charge is -2.33. The molecule has 0 aliphatic carbocycles. The van der Waals surface area contributed by atoms with Crippen LogP contribution in [0.5, 0.6) is 5.75 Å². The second kappa shape index (κ2) is 7.03. The van der Waals surface area contributed by atoms with E-state index in [0.717, 1.165) is 34.6 Å². The van der Waals surface area contributed by atoms with Gasteiger partial charge in [0, 0.05) is 17.1 Å². The SMILES string of the molecule is Oc1c(C(c2ccccc2Cl)[NH+]2CCCCC2)ccc2cccnc12. The highest BCUT2D eigenvalue weighted by atomic mass is 35.5. The summed E-state index contributed by atoms with van der Waals surface area (Å²) in [4.78, 5) is 5.86. The highest BCUT2D eigenvalue weighted by Gasteiger charge is 2.32. The molecule has 3 aromatic rings. The van der Waals surface area contributed by atoms with Crippen LogP contribution in [-0.4, -0.2) is 23.2 Å². The number of nitrogens with zero attached hydrogens (tertiary/aromatic N) is 1. The molecule has 1 fully saturated rings. The summed E-state index contributed by atoms with van der Waals surface area (Å²) in [6.45, 7) is 2.19. The molecule has 1 aromatic heterocycles. The van der Waals surface area contributed by atoms with Gasteiger partial charge in [-0.15, -0.1) is 0 Å². The maximum Gasteiger partial charge on any atom is 0.151 e. The van der Waals surface area contributed by atoms with Gasteiger partial charge in [-0.3, -0.25) is 4.98 Å². The zero-order valence-electron chi connectivity index (χ0n) is 14.1. The molecule has 0 amide bonds. The lowest BCUT2D eigenvalue weighted by atomic mass is 9.93. The Hall–Kier alpha value is -2.10. The lowest BCUT2D eigenvalue weighted by Crippen LogP contribution is -3.13. The number of fused-ring (bicyclic) bond motifs is 1. The minimum atomic E-state index is 0.0282. The number of halogens is 1. The van der Waals surface area contributed by atoms with Gasteiger partial charge in [0.05, 0.1) is 23.7 Å². The van der Waals surface area contributed by atoms with E-state index < -0.39 is 0 Å². The molecule has 4 rings (SSSR count). The standard InChI is InChI=1S/C21H21ClN2O/c22-18-9-3-2-8-16(18)20(24-13-4-1-5-14-24)17-11-10-15-7-6-12-23-19(15)21(17)25/h2-3,6-12,20,25H,1,4-5,13-14H2/p+1. The van der Waals surface area contributed by atoms with E-state index >= 15 is 0 Å². The van der Waals surface area contributed by atoms with Crippen LogP contribution in [0.25, 0.3) is 10.9 Å². The summed E-state index contributed by atoms with van der Waals surface area (Å²) < 4.78 is 0. The topological polar surface area (TPSA) is 37.6 Å². The average molecular weight is 354 g/mol. The van der Waals surface area contributed by atoms with E-state index in [1.165, 1.54) is 24.2 Å². The molecule has 128 valence electrons. The highest BCUT2D eigenvalue weighted by molar-refractivity contribution is 6.31. The molecule has 2 N–H and O–H groups in total. The van der Waals surface area contributed by atoms with E-state index in [1.807, 2.05) is 42.5 Å². The number of piperidine rings is 1. The normalized spacial score (nSPS) is 16.8. The Morgan fingerprint density at radius 1 is 0.920 bits per heavy atom. The summed E-state index contributed by atoms with van der Waals surface area (Å²) >= 11 is 6.55. The Balaban J connectivity index is 1.89. The number of rotatable bonds is 3. The number of aromatic hydroxyl groups is 1. The van der Waals surface area contributed by atoms with Crippen LogP contribution in [0, 0.1) is 0 Å². The third kappa shape index (κ3) is 3.10. The van der Waals surface area contributed by atoms with Gasteiger partial charge < -0.3 is 10.0 Å². The molecule has 1 aliphatic heterocycles. The Bertz CT molecular complexity index is 890. The van der Waals surface area contributed by atoms with E-state index in [4.69, 9.17) is 11.6 Å². The first-order valence-corrected chi connectivity index (χ1v) is 9.29. The van der Waals surface area contributed by atoms with Crippen molar-refractivity contribution in [2.24, 2.45) is 0 Å². The molecule has 0 spiro atoms. The predicted molar refractivity (Wildman–Crippen MR) is 101 cm³/mol. The van der Waals surface area contributed by atoms with Crippen LogP contribution in [0.1, 0.15) is 36.4 Å². The number of phenolic OH excluding ortho intramolecular Hbond substituents is 1. The Kier molecular flexibility index (Phi) is 4.60. The van der Waals surface area contributed by atoms with Gasteiger partial charge in [-0.1, -0.05) is 41.9 Å². The molecule has 1 atom stereocenters. The summed E-state index contributed by atoms with van der Waals surface area (Å²) in [5.74, 6) is 0.279. The minimum Gasteiger partial charge on any atom is -0.505 e. The summed E-state index contributed by atoms with van der Waals surface area (Å²) in [5.41, 5.74) is 2.65. The van der Waals surface area contributed by atoms with Gasteiger partial charge in [-0.05, 0) is 37.5 Å². The number of phenols is 1. The first-order chi connectivity index (χ1) is 12.3. The zero-order chi connectivity index (χ0) is 17.2. The summed E-state index contributed by atoms with van der Waals surface area (Å²) in [6.07, 6.45) is 5.43. The van der Waals surface area contributed by atoms with E-state index in [9.17, 15) is 5.11 Å². The number of quaternary nitrogens is 1. The van der Waals surface area contributed by atoms with Crippen molar-refractivity contribution >= 4 is 22.5 Å². The Morgan fingerprint density at radius 3 is 2.52 bits per heavy atom. The van der Waals surface area contributed by atoms with Gasteiger partial charge >= 0.3 is 0 Å². The van der Waals surface area contributed by atoms with E-state index in [1.54, 1.807) is 6.20 Å². The van der Waals surface area contributed by atoms with Crippen LogP contribution in [0.15, 0.2) is 54.7 Å². The summed E-state index contributed by atoms with van der Waals surface area (Å²) in [6, 6.07) is 16.0. The smallest absolute Gasteiger partial charge is 0.151 e. The number of hydrogen-bond acceptors (Lipinski definition) is 2. The molecule has 0 saturated carbocycles. The highest BCUT2D eigenvalue weighted by Crippen LogP contribution is 2.35. The predicted octanol–water partition coefficient (Wildman–Crippen LogP) is 3.75. The third-order valence-electron chi connectivity index (χ3n) is 5.21. The molecule has 3 nitrogen and oxygen atoms in total. The molecule has 1 saturated heterocycles. The van der Waals surface area contributed by atoms with E-state index in [0.29, 0.717) is 5.52 Å². The van der Waals surface area contributed by atoms with Crippen LogP contribution in [0.3, 0.4) is 0 Å². The number of benzene rings is 2. The Morgan fingerprint density at radius 2 is 1.72 bits per heavy atom. The maximum atomic E-state index is 11.0. The fraction of sp³-hybridized carbons (Fsp3) is 0.286. The maximum absolute atomic E-state index is 11.0. The molecule has 4 heteroatoms. The summed E-state index contributed by atoms with van der Waals surface area (Å²) in [7, 11) is 0. The van der Waals surface area contributed by atoms with Gasteiger partial charge in [0.25, 0.3) is 0 Å². The van der Waals surface area contributed by atoms with Crippen LogP contribution < -0.4 is 4.90 Å². The van der Waals surface area contributed by atoms with Crippen molar-refractivity contribution in [3.05, 3.63) is 70.9 Å². The molecule has 0 radical (unpaired) electrons. The number of pyridine rings is 1. The van der Waals surface area contributed by atoms with Crippen LogP contribution in [-0.2, 0) is 0 Å². The van der Waals surface area contributed by atoms with Gasteiger partial charge in [0.15, 0.2) is 5.75 Å². The van der Waals surface area contributed by atoms with Gasteiger partial charge in [0.1, 0.15) is 11.6 Å². The molecule has 1 aliphatic rings. The van der Waals surface area contributed by atoms with Crippen LogP contribution >= 0.6 is 11.6 Å². The molecular formula is C21H22ClN2O+. The molecule has 25 heavy (non-hydrogen) atoms. The van der Waals surface area contributed by atoms with Gasteiger partial charge in [-0.2, -0.15) is 0 Å². The van der Waals surface area contributed by atoms with Crippen molar-refractivity contribution in [3.63, 3.8) is 0 Å². The van der Waals surface area contributed by atoms with Gasteiger partial charge in [0.2, 0.25) is 0 Å². The molecule has 0 bridgehead atoms. The second-order valence-electron chi connectivity index (χ2n) is 6.75. The zero-order valence-corrected chi connectivity index (χ0v) is 14.8. The molecule has 2 aromatic carbocycles. The summed E-state index contributed by atoms with van der Waals surface area (Å²) in [5, 5.41) is 12.7. The fourth-order valence-corrected chi connectivity index (χ4v) is 4.23. The molecule has 1 unspecified atom stereocenters. The molecule has 2 heterocycles. The quantitative estimate of drug-likeness (QED) is 0.752. The number of nitrogens with one attached hydrogen (secondary N) is 1. The third-order valence-corrected chi connectivity index (χ3v) is 5.55. The Labute approximate surface area is 152 Å². The fourth-order valence-electron chi connectivity index (χ4n) is 3.99. The largest absolute Gasteiger partial charge is 0.505 e. The van der Waals surface area contributed by atoms with Crippen molar-refractivity contribution in [1.82, 2.24) is 4.98 Å². The van der Waals surface area contributed by atoms with Crippen molar-refractivity contribution < 1.29 is 10.0 Å². The minimum absolute atomic E-state index is 0.0282. The van der Waals surface area contributed by atoms with Crippen molar-refractivity contribution in [3.8, 4) is 5.75 Å². The first-order valence-electron chi connectivity index (χ1n) is 8.91. The monoisotopic (exact) mass is 353 g/mol. The van der Waals surface area contributed by atoms with E-state index in [-0.39, 0.29) is 11.8 Å². The number of likely N-dealkylation sites (tertiary alicyclic amines) is 1. The number of aromatic nitrogens is 1. The second-order valence-corrected chi connectivity index (χ2v) is 7.16. The van der Waals surface area contributed by atoms with Crippen molar-refractivity contribution in [1.29, 1.82) is 0 Å². The average Bonchev–Trinajstić information content (AvgIpc) is 2.66. The molecular weight excluding hydrogens is 332 g/mol. The van der Waals surface area contributed by atoms with Crippen LogP contribution in [0.4, 0.5) is 0 Å². The number of hydrogen-bond donors (Lipinski definition) is 2. The van der Waals surface area contributed by atoms with Crippen molar-refractivity contribution in [2.75, 3.05) is 13.1 Å². The van der Waals surface area contributed by atoms with Crippen molar-refractivity contribution in [2.45, 2.75) is 25.3 Å². The van der Waals surface area contributed by atoms with E-state index in [2.05, 4.69) is 11.1 Å². The first kappa shape index (κ1) is 16.4. The lowest BCUT2D eigenvalue weighted by molar-refractivity contribution is -0.930.